The van der Waals surface area contributed by atoms with Gasteiger partial charge < -0.3 is 31.9 Å². The van der Waals surface area contributed by atoms with Crippen molar-refractivity contribution in [2.75, 3.05) is 6.54 Å². The van der Waals surface area contributed by atoms with Gasteiger partial charge in [-0.25, -0.2) is 4.79 Å². The van der Waals surface area contributed by atoms with E-state index in [-0.39, 0.29) is 12.4 Å². The Kier molecular flexibility index (Phi) is 12.0. The van der Waals surface area contributed by atoms with Crippen LogP contribution in [0.3, 0.4) is 0 Å². The fourth-order valence-electron chi connectivity index (χ4n) is 2.40. The summed E-state index contributed by atoms with van der Waals surface area (Å²) in [5.41, 5.74) is 5.15. The van der Waals surface area contributed by atoms with Gasteiger partial charge in [-0.3, -0.25) is 19.8 Å². The van der Waals surface area contributed by atoms with Gasteiger partial charge in [0.05, 0.1) is 6.42 Å². The summed E-state index contributed by atoms with van der Waals surface area (Å²) in [4.78, 5) is 46.4. The van der Waals surface area contributed by atoms with E-state index < -0.39 is 48.2 Å². The molecule has 11 nitrogen and oxygen atoms in total. The molecule has 0 saturated carbocycles. The Morgan fingerprint density at radius 2 is 1.61 bits per heavy atom. The van der Waals surface area contributed by atoms with Crippen LogP contribution in [0.1, 0.15) is 52.4 Å². The Morgan fingerprint density at radius 1 is 1.00 bits per heavy atom. The topological polar surface area (TPSA) is 195 Å². The molecule has 160 valence electrons. The fourth-order valence-corrected chi connectivity index (χ4v) is 2.40. The zero-order chi connectivity index (χ0) is 21.7. The lowest BCUT2D eigenvalue weighted by atomic mass is 10.0. The van der Waals surface area contributed by atoms with E-state index in [2.05, 4.69) is 16.0 Å². The molecule has 0 unspecified atom stereocenters. The molecule has 0 heterocycles. The lowest BCUT2D eigenvalue weighted by molar-refractivity contribution is -0.144. The molecule has 2 amide bonds. The normalized spacial score (nSPS) is 12.7. The largest absolute Gasteiger partial charge is 0.481 e. The van der Waals surface area contributed by atoms with Gasteiger partial charge in [0.2, 0.25) is 11.8 Å². The first-order valence-electron chi connectivity index (χ1n) is 9.16. The molecule has 0 aliphatic carbocycles. The Balaban J connectivity index is 4.48. The third kappa shape index (κ3) is 11.7. The molecule has 0 aliphatic heterocycles. The number of carboxylic acid groups (broad SMARTS) is 2. The summed E-state index contributed by atoms with van der Waals surface area (Å²) in [5.74, 6) is -4.32. The minimum Gasteiger partial charge on any atom is -0.481 e. The van der Waals surface area contributed by atoms with E-state index in [1.54, 1.807) is 13.8 Å². The van der Waals surface area contributed by atoms with Crippen molar-refractivity contribution in [1.82, 2.24) is 16.0 Å². The quantitative estimate of drug-likeness (QED) is 0.116. The second-order valence-electron chi connectivity index (χ2n) is 6.79. The van der Waals surface area contributed by atoms with Crippen molar-refractivity contribution in [3.8, 4) is 0 Å². The highest BCUT2D eigenvalue weighted by atomic mass is 16.4. The van der Waals surface area contributed by atoms with E-state index in [0.29, 0.717) is 13.0 Å². The van der Waals surface area contributed by atoms with Gasteiger partial charge in [0.15, 0.2) is 5.96 Å². The van der Waals surface area contributed by atoms with Crippen molar-refractivity contribution in [3.63, 3.8) is 0 Å². The van der Waals surface area contributed by atoms with Crippen LogP contribution in [0.2, 0.25) is 0 Å². The number of aliphatic carboxylic acids is 2. The summed E-state index contributed by atoms with van der Waals surface area (Å²) >= 11 is 0. The average Bonchev–Trinajstić information content (AvgIpc) is 2.56. The van der Waals surface area contributed by atoms with E-state index in [4.69, 9.17) is 21.4 Å². The van der Waals surface area contributed by atoms with Crippen LogP contribution in [0, 0.1) is 11.3 Å². The Bertz CT molecular complexity index is 566. The first-order valence-corrected chi connectivity index (χ1v) is 9.16. The molecule has 0 aliphatic rings. The number of guanidine groups is 1. The lowest BCUT2D eigenvalue weighted by Crippen LogP contribution is -2.53. The molecule has 0 saturated heterocycles. The molecular formula is C17H31N5O6. The van der Waals surface area contributed by atoms with Gasteiger partial charge in [0.1, 0.15) is 12.1 Å². The number of carbonyl (C=O) groups is 4. The summed E-state index contributed by atoms with van der Waals surface area (Å²) in [6, 6.07) is -2.52. The van der Waals surface area contributed by atoms with E-state index in [0.717, 1.165) is 19.3 Å². The zero-order valence-electron chi connectivity index (χ0n) is 16.3. The summed E-state index contributed by atoms with van der Waals surface area (Å²) in [5, 5.41) is 32.4. The number of amides is 2. The number of nitrogens with two attached hydrogens (primary N) is 1. The van der Waals surface area contributed by atoms with Gasteiger partial charge in [-0.1, -0.05) is 26.7 Å². The maximum atomic E-state index is 12.2. The van der Waals surface area contributed by atoms with Gasteiger partial charge in [-0.05, 0) is 18.8 Å². The van der Waals surface area contributed by atoms with Crippen LogP contribution in [0.25, 0.3) is 0 Å². The fraction of sp³-hybridized carbons (Fsp3) is 0.706. The van der Waals surface area contributed by atoms with Crippen LogP contribution in [0.5, 0.6) is 0 Å². The first kappa shape index (κ1) is 25.1. The molecule has 0 bridgehead atoms. The van der Waals surface area contributed by atoms with E-state index in [1.807, 2.05) is 0 Å². The number of hydrogen-bond donors (Lipinski definition) is 7. The molecule has 8 N–H and O–H groups in total. The molecule has 11 heteroatoms. The van der Waals surface area contributed by atoms with Gasteiger partial charge in [0.25, 0.3) is 0 Å². The summed E-state index contributed by atoms with van der Waals surface area (Å²) < 4.78 is 0. The second-order valence-corrected chi connectivity index (χ2v) is 6.79. The molecule has 0 fully saturated rings. The van der Waals surface area contributed by atoms with Crippen LogP contribution in [0.15, 0.2) is 0 Å². The highest BCUT2D eigenvalue weighted by Gasteiger charge is 2.29. The Morgan fingerprint density at radius 3 is 2.11 bits per heavy atom. The van der Waals surface area contributed by atoms with E-state index in [9.17, 15) is 19.2 Å². The molecule has 0 aromatic rings. The van der Waals surface area contributed by atoms with Gasteiger partial charge in [-0.15, -0.1) is 0 Å². The maximum Gasteiger partial charge on any atom is 0.326 e. The second kappa shape index (κ2) is 13.3. The van der Waals surface area contributed by atoms with Gasteiger partial charge in [0, 0.05) is 13.0 Å². The number of hydrogen-bond acceptors (Lipinski definition) is 5. The van der Waals surface area contributed by atoms with Crippen LogP contribution in [-0.4, -0.2) is 58.6 Å². The predicted molar refractivity (Wildman–Crippen MR) is 102 cm³/mol. The van der Waals surface area contributed by atoms with Crippen LogP contribution in [0.4, 0.5) is 0 Å². The molecule has 0 radical (unpaired) electrons. The van der Waals surface area contributed by atoms with Crippen molar-refractivity contribution in [3.05, 3.63) is 0 Å². The van der Waals surface area contributed by atoms with Gasteiger partial charge >= 0.3 is 11.9 Å². The van der Waals surface area contributed by atoms with Crippen molar-refractivity contribution in [2.24, 2.45) is 11.7 Å². The minimum atomic E-state index is -1.34. The third-order valence-electron chi connectivity index (χ3n) is 3.91. The third-order valence-corrected chi connectivity index (χ3v) is 3.91. The number of rotatable bonds is 14. The molecular weight excluding hydrogens is 370 g/mol. The highest BCUT2D eigenvalue weighted by molar-refractivity contribution is 5.92. The van der Waals surface area contributed by atoms with Crippen LogP contribution in [-0.2, 0) is 19.2 Å². The molecule has 0 aromatic carbocycles. The van der Waals surface area contributed by atoms with Crippen molar-refractivity contribution in [1.29, 1.82) is 5.41 Å². The van der Waals surface area contributed by atoms with E-state index in [1.165, 1.54) is 0 Å². The molecule has 28 heavy (non-hydrogen) atoms. The SMILES string of the molecule is CC(C)[C@H](NC(=O)[C@H](CC(=O)O)NC(=O)CCCCCCNC(=N)N)C(=O)O. The Labute approximate surface area is 163 Å². The standard InChI is InChI=1S/C17H31N5O6/c1-10(2)14(16(27)28)22-15(26)11(9-13(24)25)21-12(23)7-5-3-4-6-8-20-17(18)19/h10-11,14H,3-9H2,1-2H3,(H,21,23)(H,22,26)(H,24,25)(H,27,28)(H4,18,19,20)/t11-,14-/m0/s1. The lowest BCUT2D eigenvalue weighted by Gasteiger charge is -2.22. The van der Waals surface area contributed by atoms with Gasteiger partial charge in [-0.2, -0.15) is 0 Å². The van der Waals surface area contributed by atoms with Crippen molar-refractivity contribution in [2.45, 2.75) is 64.5 Å². The van der Waals surface area contributed by atoms with Crippen LogP contribution >= 0.6 is 0 Å². The number of carboxylic acids is 2. The highest BCUT2D eigenvalue weighted by Crippen LogP contribution is 2.06. The minimum absolute atomic E-state index is 0.0928. The van der Waals surface area contributed by atoms with Crippen LogP contribution < -0.4 is 21.7 Å². The van der Waals surface area contributed by atoms with Crippen molar-refractivity contribution >= 4 is 29.7 Å². The zero-order valence-corrected chi connectivity index (χ0v) is 16.3. The molecule has 0 rings (SSSR count). The smallest absolute Gasteiger partial charge is 0.326 e. The first-order chi connectivity index (χ1) is 13.0. The monoisotopic (exact) mass is 401 g/mol. The van der Waals surface area contributed by atoms with E-state index >= 15 is 0 Å². The molecule has 0 spiro atoms. The van der Waals surface area contributed by atoms with Crippen molar-refractivity contribution < 1.29 is 29.4 Å². The number of carbonyl (C=O) groups excluding carboxylic acids is 2. The Hall–Kier alpha value is -2.85. The number of unbranched alkanes of at least 4 members (excludes halogenated alkanes) is 3. The number of nitrogens with one attached hydrogen (secondary N) is 4. The summed E-state index contributed by atoms with van der Waals surface area (Å²) in [7, 11) is 0. The maximum absolute atomic E-state index is 12.2. The molecule has 0 aromatic heterocycles. The molecule has 2 atom stereocenters. The predicted octanol–water partition coefficient (Wildman–Crippen LogP) is -0.395. The average molecular weight is 401 g/mol. The summed E-state index contributed by atoms with van der Waals surface area (Å²) in [6.45, 7) is 3.79. The summed E-state index contributed by atoms with van der Waals surface area (Å²) in [6.07, 6.45) is 2.39.